The van der Waals surface area contributed by atoms with Gasteiger partial charge in [0, 0.05) is 0 Å². The van der Waals surface area contributed by atoms with E-state index < -0.39 is 51.7 Å². The molecule has 0 amide bonds. The van der Waals surface area contributed by atoms with E-state index in [2.05, 4.69) is 0 Å². The van der Waals surface area contributed by atoms with Crippen LogP contribution < -0.4 is 4.72 Å². The van der Waals surface area contributed by atoms with Crippen LogP contribution in [0.25, 0.3) is 0 Å². The van der Waals surface area contributed by atoms with Gasteiger partial charge in [0.2, 0.25) is 0 Å². The third-order valence-electron chi connectivity index (χ3n) is 1.73. The summed E-state index contributed by atoms with van der Waals surface area (Å²) in [4.78, 5) is 10.4. The van der Waals surface area contributed by atoms with Gasteiger partial charge in [-0.2, -0.15) is 21.6 Å². The van der Waals surface area contributed by atoms with Crippen molar-refractivity contribution in [3.63, 3.8) is 0 Å². The zero-order valence-corrected chi connectivity index (χ0v) is 11.7. The Hall–Kier alpha value is -0.750. The molecular formula is C6H15NO12S2. The van der Waals surface area contributed by atoms with Gasteiger partial charge in [0.15, 0.2) is 0 Å². The molecule has 0 unspecified atom stereocenters. The van der Waals surface area contributed by atoms with Crippen molar-refractivity contribution in [3.05, 3.63) is 0 Å². The fraction of sp³-hybridized carbons (Fsp3) is 0.833. The van der Waals surface area contributed by atoms with Crippen molar-refractivity contribution in [2.75, 3.05) is 6.61 Å². The Labute approximate surface area is 119 Å². The number of hydrogen-bond acceptors (Lipinski definition) is 9. The summed E-state index contributed by atoms with van der Waals surface area (Å²) < 4.78 is 61.9. The highest BCUT2D eigenvalue weighted by Crippen LogP contribution is 2.04. The van der Waals surface area contributed by atoms with E-state index in [1.165, 1.54) is 4.72 Å². The van der Waals surface area contributed by atoms with Gasteiger partial charge in [-0.05, 0) is 0 Å². The largest absolute Gasteiger partial charge is 0.394 e. The molecular weight excluding hydrogens is 342 g/mol. The summed E-state index contributed by atoms with van der Waals surface area (Å²) in [6, 6.07) is -1.84. The molecule has 0 saturated carbocycles. The first-order chi connectivity index (χ1) is 9.22. The first kappa shape index (κ1) is 22.5. The molecule has 21 heavy (non-hydrogen) atoms. The predicted octanol–water partition coefficient (Wildman–Crippen LogP) is -4.63. The lowest BCUT2D eigenvalue weighted by atomic mass is 10.0. The predicted molar refractivity (Wildman–Crippen MR) is 63.8 cm³/mol. The Morgan fingerprint density at radius 1 is 0.952 bits per heavy atom. The molecule has 0 aromatic heterocycles. The van der Waals surface area contributed by atoms with Gasteiger partial charge in [-0.3, -0.25) is 13.7 Å². The summed E-state index contributed by atoms with van der Waals surface area (Å²) >= 11 is 0. The Morgan fingerprint density at radius 2 is 1.33 bits per heavy atom. The van der Waals surface area contributed by atoms with Crippen LogP contribution in [-0.2, 0) is 25.5 Å². The monoisotopic (exact) mass is 357 g/mol. The second-order valence-corrected chi connectivity index (χ2v) is 5.52. The summed E-state index contributed by atoms with van der Waals surface area (Å²) in [6.45, 7) is -0.893. The van der Waals surface area contributed by atoms with Crippen molar-refractivity contribution >= 4 is 27.0 Å². The van der Waals surface area contributed by atoms with Crippen LogP contribution in [0.1, 0.15) is 0 Å². The molecule has 0 aliphatic rings. The zero-order valence-electron chi connectivity index (χ0n) is 10.1. The average molecular weight is 357 g/mol. The molecule has 13 nitrogen and oxygen atoms in total. The quantitative estimate of drug-likeness (QED) is 0.158. The van der Waals surface area contributed by atoms with Crippen molar-refractivity contribution in [2.45, 2.75) is 24.4 Å². The number of carbonyl (C=O) groups excluding carboxylic acids is 1. The summed E-state index contributed by atoms with van der Waals surface area (Å²) in [5.41, 5.74) is 0. The maximum Gasteiger partial charge on any atom is 0.394 e. The van der Waals surface area contributed by atoms with E-state index in [4.69, 9.17) is 37.4 Å². The molecule has 0 fully saturated rings. The van der Waals surface area contributed by atoms with Crippen molar-refractivity contribution < 1.29 is 55.7 Å². The van der Waals surface area contributed by atoms with E-state index in [9.17, 15) is 18.3 Å². The highest BCUT2D eigenvalue weighted by Gasteiger charge is 2.32. The fourth-order valence-electron chi connectivity index (χ4n) is 0.898. The first-order valence-electron chi connectivity index (χ1n) is 4.78. The van der Waals surface area contributed by atoms with Crippen molar-refractivity contribution in [1.82, 2.24) is 4.72 Å². The van der Waals surface area contributed by atoms with E-state index in [1.54, 1.807) is 0 Å². The fourth-order valence-corrected chi connectivity index (χ4v) is 1.44. The number of aliphatic hydroxyl groups excluding tert-OH is 4. The number of aliphatic hydroxyl groups is 4. The third kappa shape index (κ3) is 14.0. The molecule has 0 aliphatic carbocycles. The lowest BCUT2D eigenvalue weighted by molar-refractivity contribution is -0.119. The van der Waals surface area contributed by atoms with Gasteiger partial charge in [0.1, 0.15) is 30.6 Å². The van der Waals surface area contributed by atoms with Crippen molar-refractivity contribution in [2.24, 2.45) is 0 Å². The van der Waals surface area contributed by atoms with Crippen LogP contribution in [0.5, 0.6) is 0 Å². The van der Waals surface area contributed by atoms with Gasteiger partial charge in [-0.1, -0.05) is 0 Å². The van der Waals surface area contributed by atoms with Crippen molar-refractivity contribution in [1.29, 1.82) is 0 Å². The molecule has 0 aromatic carbocycles. The van der Waals surface area contributed by atoms with Crippen LogP contribution in [-0.4, -0.2) is 88.2 Å². The highest BCUT2D eigenvalue weighted by molar-refractivity contribution is 7.83. The summed E-state index contributed by atoms with van der Waals surface area (Å²) in [6.07, 6.45) is -5.79. The number of carbonyl (C=O) groups is 1. The van der Waals surface area contributed by atoms with Crippen LogP contribution in [0, 0.1) is 0 Å². The Balaban J connectivity index is 0. The minimum absolute atomic E-state index is 0.0776. The molecule has 0 bridgehead atoms. The number of nitrogens with one attached hydrogen (secondary N) is 1. The molecule has 15 heteroatoms. The van der Waals surface area contributed by atoms with Gasteiger partial charge in [-0.25, -0.2) is 0 Å². The van der Waals surface area contributed by atoms with E-state index >= 15 is 0 Å². The number of hydrogen-bond donors (Lipinski definition) is 8. The number of rotatable bonds is 7. The second-order valence-electron chi connectivity index (χ2n) is 3.43. The van der Waals surface area contributed by atoms with E-state index in [1.807, 2.05) is 0 Å². The normalized spacial score (nSPS) is 17.9. The molecule has 128 valence electrons. The van der Waals surface area contributed by atoms with Crippen molar-refractivity contribution in [3.8, 4) is 0 Å². The first-order valence-corrected chi connectivity index (χ1v) is 7.61. The Morgan fingerprint density at radius 3 is 1.57 bits per heavy atom. The van der Waals surface area contributed by atoms with Gasteiger partial charge < -0.3 is 25.2 Å². The molecule has 0 saturated heterocycles. The zero-order chi connectivity index (χ0) is 17.4. The SMILES string of the molecule is O=C[C@H](NS(=O)(=O)O)[C@@H](O)[C@H](O)[C@H](O)CO.O=S(=O)(O)O. The Bertz CT molecular complexity index is 492. The molecule has 4 atom stereocenters. The van der Waals surface area contributed by atoms with E-state index in [0.717, 1.165) is 0 Å². The van der Waals surface area contributed by atoms with Gasteiger partial charge in [-0.15, -0.1) is 0 Å². The minimum atomic E-state index is -4.74. The molecule has 0 aromatic rings. The van der Waals surface area contributed by atoms with Crippen LogP contribution >= 0.6 is 0 Å². The van der Waals surface area contributed by atoms with Gasteiger partial charge in [0.05, 0.1) is 6.61 Å². The smallest absolute Gasteiger partial charge is 0.394 e. The van der Waals surface area contributed by atoms with Crippen LogP contribution in [0.2, 0.25) is 0 Å². The van der Waals surface area contributed by atoms with E-state index in [0.29, 0.717) is 0 Å². The lowest BCUT2D eigenvalue weighted by Crippen LogP contribution is -2.53. The maximum atomic E-state index is 10.4. The average Bonchev–Trinajstić information content (AvgIpc) is 2.29. The summed E-state index contributed by atoms with van der Waals surface area (Å²) in [5.74, 6) is 0. The van der Waals surface area contributed by atoms with Crippen LogP contribution in [0.4, 0.5) is 0 Å². The third-order valence-corrected chi connectivity index (χ3v) is 2.30. The maximum absolute atomic E-state index is 10.4. The van der Waals surface area contributed by atoms with Gasteiger partial charge >= 0.3 is 20.7 Å². The topological polar surface area (TPSA) is 239 Å². The standard InChI is InChI=1S/C6H13NO8S.H2O4S/c8-1-3(7-16(13,14)15)5(11)6(12)4(10)2-9;1-5(2,3)4/h1,3-7,9-12H,2H2,(H,13,14,15);(H2,1,2,3,4)/t3-,4+,5+,6+;/m0./s1. The molecule has 0 rings (SSSR count). The molecule has 0 radical (unpaired) electrons. The van der Waals surface area contributed by atoms with Crippen LogP contribution in [0.15, 0.2) is 0 Å². The van der Waals surface area contributed by atoms with E-state index in [-0.39, 0.29) is 6.29 Å². The molecule has 8 N–H and O–H groups in total. The molecule has 0 heterocycles. The molecule has 0 spiro atoms. The Kier molecular flexibility index (Phi) is 9.98. The van der Waals surface area contributed by atoms with Gasteiger partial charge in [0.25, 0.3) is 0 Å². The second kappa shape index (κ2) is 9.30. The summed E-state index contributed by atoms with van der Waals surface area (Å²) in [7, 11) is -9.41. The lowest BCUT2D eigenvalue weighted by Gasteiger charge is -2.25. The molecule has 0 aliphatic heterocycles. The van der Waals surface area contributed by atoms with Crippen LogP contribution in [0.3, 0.4) is 0 Å². The highest BCUT2D eigenvalue weighted by atomic mass is 32.3. The summed E-state index contributed by atoms with van der Waals surface area (Å²) in [5, 5.41) is 35.8. The minimum Gasteiger partial charge on any atom is -0.394 e. The number of aldehydes is 1.